The van der Waals surface area contributed by atoms with Gasteiger partial charge >= 0.3 is 6.09 Å². The standard InChI is InChI=1S/C14H23N3O3S/c1-14(2,3)20-13(18)17-4-5-19-9-11(17)6-15-7-12-8-16-10-21-12/h8,10-11,15H,4-7,9H2,1-3H3. The van der Waals surface area contributed by atoms with Crippen LogP contribution in [0.5, 0.6) is 0 Å². The van der Waals surface area contributed by atoms with E-state index in [0.717, 1.165) is 6.54 Å². The van der Waals surface area contributed by atoms with E-state index in [-0.39, 0.29) is 12.1 Å². The summed E-state index contributed by atoms with van der Waals surface area (Å²) in [7, 11) is 0. The molecule has 21 heavy (non-hydrogen) atoms. The number of nitrogens with zero attached hydrogens (tertiary/aromatic N) is 2. The van der Waals surface area contributed by atoms with Crippen LogP contribution in [0.25, 0.3) is 0 Å². The lowest BCUT2D eigenvalue weighted by atomic mass is 10.2. The number of morpholine rings is 1. The van der Waals surface area contributed by atoms with E-state index in [1.165, 1.54) is 4.88 Å². The van der Waals surface area contributed by atoms with E-state index in [1.807, 2.05) is 32.5 Å². The largest absolute Gasteiger partial charge is 0.444 e. The Bertz CT molecular complexity index is 445. The topological polar surface area (TPSA) is 63.7 Å². The Morgan fingerprint density at radius 1 is 1.62 bits per heavy atom. The lowest BCUT2D eigenvalue weighted by Gasteiger charge is -2.36. The molecular weight excluding hydrogens is 290 g/mol. The summed E-state index contributed by atoms with van der Waals surface area (Å²) in [6, 6.07) is 0.00141. The van der Waals surface area contributed by atoms with E-state index in [2.05, 4.69) is 10.3 Å². The van der Waals surface area contributed by atoms with Crippen LogP contribution in [0.4, 0.5) is 4.79 Å². The Hall–Kier alpha value is -1.18. The third-order valence-electron chi connectivity index (χ3n) is 3.02. The molecule has 6 nitrogen and oxygen atoms in total. The van der Waals surface area contributed by atoms with Gasteiger partial charge in [-0.2, -0.15) is 0 Å². The molecule has 0 aliphatic carbocycles. The van der Waals surface area contributed by atoms with E-state index in [0.29, 0.717) is 26.3 Å². The zero-order chi connectivity index (χ0) is 15.3. The van der Waals surface area contributed by atoms with Crippen molar-refractivity contribution in [2.75, 3.05) is 26.3 Å². The molecule has 1 aliphatic heterocycles. The molecule has 0 aromatic carbocycles. The van der Waals surface area contributed by atoms with Gasteiger partial charge in [0.05, 0.1) is 24.8 Å². The summed E-state index contributed by atoms with van der Waals surface area (Å²) >= 11 is 1.61. The van der Waals surface area contributed by atoms with Crippen LogP contribution in [-0.2, 0) is 16.0 Å². The van der Waals surface area contributed by atoms with E-state index in [1.54, 1.807) is 16.2 Å². The van der Waals surface area contributed by atoms with Gasteiger partial charge in [0.2, 0.25) is 0 Å². The first-order chi connectivity index (χ1) is 9.96. The van der Waals surface area contributed by atoms with Gasteiger partial charge in [0, 0.05) is 30.7 Å². The van der Waals surface area contributed by atoms with Crippen molar-refractivity contribution < 1.29 is 14.3 Å². The van der Waals surface area contributed by atoms with Crippen molar-refractivity contribution in [3.05, 3.63) is 16.6 Å². The molecule has 1 saturated heterocycles. The first kappa shape index (κ1) is 16.2. The third kappa shape index (κ3) is 5.26. The van der Waals surface area contributed by atoms with Crippen molar-refractivity contribution in [3.8, 4) is 0 Å². The minimum Gasteiger partial charge on any atom is -0.444 e. The van der Waals surface area contributed by atoms with Crippen molar-refractivity contribution in [2.24, 2.45) is 0 Å². The zero-order valence-corrected chi connectivity index (χ0v) is 13.6. The molecule has 2 heterocycles. The van der Waals surface area contributed by atoms with Crippen molar-refractivity contribution in [3.63, 3.8) is 0 Å². The van der Waals surface area contributed by atoms with Gasteiger partial charge in [-0.15, -0.1) is 11.3 Å². The number of hydrogen-bond acceptors (Lipinski definition) is 6. The molecule has 1 amide bonds. The number of hydrogen-bond donors (Lipinski definition) is 1. The van der Waals surface area contributed by atoms with Gasteiger partial charge in [0.1, 0.15) is 5.60 Å². The highest BCUT2D eigenvalue weighted by Crippen LogP contribution is 2.14. The summed E-state index contributed by atoms with van der Waals surface area (Å²) in [6.45, 7) is 8.73. The molecule has 1 fully saturated rings. The number of aromatic nitrogens is 1. The number of nitrogens with one attached hydrogen (secondary N) is 1. The molecule has 0 spiro atoms. The van der Waals surface area contributed by atoms with Crippen LogP contribution in [0.15, 0.2) is 11.7 Å². The summed E-state index contributed by atoms with van der Waals surface area (Å²) < 4.78 is 10.9. The Labute approximate surface area is 129 Å². The summed E-state index contributed by atoms with van der Waals surface area (Å²) in [6.07, 6.45) is 1.58. The van der Waals surface area contributed by atoms with Crippen molar-refractivity contribution in [1.29, 1.82) is 0 Å². The maximum absolute atomic E-state index is 12.2. The SMILES string of the molecule is CC(C)(C)OC(=O)N1CCOCC1CNCc1cncs1. The Morgan fingerprint density at radius 2 is 2.43 bits per heavy atom. The van der Waals surface area contributed by atoms with E-state index >= 15 is 0 Å². The molecule has 7 heteroatoms. The third-order valence-corrected chi connectivity index (χ3v) is 3.80. The van der Waals surface area contributed by atoms with Gasteiger partial charge in [0.15, 0.2) is 0 Å². The molecule has 1 unspecified atom stereocenters. The summed E-state index contributed by atoms with van der Waals surface area (Å²) in [5.74, 6) is 0. The fourth-order valence-electron chi connectivity index (χ4n) is 2.08. The summed E-state index contributed by atoms with van der Waals surface area (Å²) in [4.78, 5) is 19.2. The second-order valence-corrected chi connectivity index (χ2v) is 6.97. The second-order valence-electron chi connectivity index (χ2n) is 6.00. The molecule has 1 N–H and O–H groups in total. The molecule has 0 bridgehead atoms. The molecule has 2 rings (SSSR count). The van der Waals surface area contributed by atoms with Crippen LogP contribution in [0.1, 0.15) is 25.6 Å². The number of carbonyl (C=O) groups is 1. The molecule has 118 valence electrons. The number of thiazole rings is 1. The van der Waals surface area contributed by atoms with Gasteiger partial charge in [-0.1, -0.05) is 0 Å². The average Bonchev–Trinajstić information content (AvgIpc) is 2.90. The Kier molecular flexibility index (Phi) is 5.55. The summed E-state index contributed by atoms with van der Waals surface area (Å²) in [5, 5.41) is 3.35. The van der Waals surface area contributed by atoms with E-state index < -0.39 is 5.60 Å². The maximum Gasteiger partial charge on any atom is 0.410 e. The lowest BCUT2D eigenvalue weighted by Crippen LogP contribution is -2.53. The fraction of sp³-hybridized carbons (Fsp3) is 0.714. The molecule has 0 saturated carbocycles. The summed E-state index contributed by atoms with van der Waals surface area (Å²) in [5.41, 5.74) is 1.34. The van der Waals surface area contributed by atoms with Gasteiger partial charge < -0.3 is 14.8 Å². The zero-order valence-electron chi connectivity index (χ0n) is 12.8. The Morgan fingerprint density at radius 3 is 3.10 bits per heavy atom. The van der Waals surface area contributed by atoms with Crippen LogP contribution in [-0.4, -0.2) is 53.9 Å². The quantitative estimate of drug-likeness (QED) is 0.919. The number of amides is 1. The molecule has 1 aromatic rings. The van der Waals surface area contributed by atoms with E-state index in [9.17, 15) is 4.79 Å². The molecule has 1 atom stereocenters. The highest BCUT2D eigenvalue weighted by Gasteiger charge is 2.30. The highest BCUT2D eigenvalue weighted by atomic mass is 32.1. The molecular formula is C14H23N3O3S. The maximum atomic E-state index is 12.2. The fourth-order valence-corrected chi connectivity index (χ4v) is 2.64. The van der Waals surface area contributed by atoms with Gasteiger partial charge in [0.25, 0.3) is 0 Å². The van der Waals surface area contributed by atoms with Gasteiger partial charge in [-0.05, 0) is 20.8 Å². The van der Waals surface area contributed by atoms with E-state index in [4.69, 9.17) is 9.47 Å². The molecule has 0 radical (unpaired) electrons. The molecule has 1 aliphatic rings. The smallest absolute Gasteiger partial charge is 0.410 e. The van der Waals surface area contributed by atoms with Crippen LogP contribution in [0.3, 0.4) is 0 Å². The number of carbonyl (C=O) groups excluding carboxylic acids is 1. The normalized spacial score (nSPS) is 19.6. The predicted octanol–water partition coefficient (Wildman–Crippen LogP) is 1.87. The molecule has 1 aromatic heterocycles. The van der Waals surface area contributed by atoms with Crippen LogP contribution < -0.4 is 5.32 Å². The number of rotatable bonds is 4. The predicted molar refractivity (Wildman–Crippen MR) is 81.4 cm³/mol. The van der Waals surface area contributed by atoms with Crippen LogP contribution >= 0.6 is 11.3 Å². The van der Waals surface area contributed by atoms with Gasteiger partial charge in [-0.3, -0.25) is 9.88 Å². The van der Waals surface area contributed by atoms with Crippen LogP contribution in [0, 0.1) is 0 Å². The minimum absolute atomic E-state index is 0.00141. The average molecular weight is 313 g/mol. The first-order valence-electron chi connectivity index (χ1n) is 7.11. The van der Waals surface area contributed by atoms with Crippen molar-refractivity contribution in [1.82, 2.24) is 15.2 Å². The first-order valence-corrected chi connectivity index (χ1v) is 7.99. The monoisotopic (exact) mass is 313 g/mol. The van der Waals surface area contributed by atoms with Crippen molar-refractivity contribution >= 4 is 17.4 Å². The van der Waals surface area contributed by atoms with Gasteiger partial charge in [-0.25, -0.2) is 4.79 Å². The number of ether oxygens (including phenoxy) is 2. The minimum atomic E-state index is -0.476. The Balaban J connectivity index is 1.84. The van der Waals surface area contributed by atoms with Crippen molar-refractivity contribution in [2.45, 2.75) is 39.0 Å². The highest BCUT2D eigenvalue weighted by molar-refractivity contribution is 7.09. The second kappa shape index (κ2) is 7.20. The lowest BCUT2D eigenvalue weighted by molar-refractivity contribution is -0.0317. The van der Waals surface area contributed by atoms with Crippen LogP contribution in [0.2, 0.25) is 0 Å².